The highest BCUT2D eigenvalue weighted by Crippen LogP contribution is 2.48. The van der Waals surface area contributed by atoms with Crippen molar-refractivity contribution in [1.29, 1.82) is 5.41 Å². The van der Waals surface area contributed by atoms with E-state index in [0.29, 0.717) is 11.5 Å². The summed E-state index contributed by atoms with van der Waals surface area (Å²) < 4.78 is 22.9. The fraction of sp³-hybridized carbons (Fsp3) is 0.550. The summed E-state index contributed by atoms with van der Waals surface area (Å²) in [6.45, 7) is 1.84. The average molecular weight is 403 g/mol. The molecule has 1 saturated heterocycles. The molecule has 0 radical (unpaired) electrons. The summed E-state index contributed by atoms with van der Waals surface area (Å²) in [6.07, 6.45) is 6.79. The van der Waals surface area contributed by atoms with Crippen LogP contribution in [0.4, 0.5) is 5.82 Å². The van der Waals surface area contributed by atoms with Crippen molar-refractivity contribution in [3.05, 3.63) is 18.5 Å². The van der Waals surface area contributed by atoms with E-state index >= 15 is 0 Å². The molecule has 28 heavy (non-hydrogen) atoms. The molecule has 1 aliphatic heterocycles. The third-order valence-corrected chi connectivity index (χ3v) is 7.64. The molecule has 2 atom stereocenters. The molecule has 1 aromatic carbocycles. The van der Waals surface area contributed by atoms with Crippen LogP contribution in [-0.4, -0.2) is 52.3 Å². The Bertz CT molecular complexity index is 912. The first kappa shape index (κ1) is 19.1. The van der Waals surface area contributed by atoms with E-state index in [1.165, 1.54) is 0 Å². The van der Waals surface area contributed by atoms with Gasteiger partial charge in [0, 0.05) is 29.8 Å². The third-order valence-electron chi connectivity index (χ3n) is 6.35. The molecular formula is C20H26N4O3S. The van der Waals surface area contributed by atoms with Gasteiger partial charge in [0.2, 0.25) is 0 Å². The smallest absolute Gasteiger partial charge is 0.162 e. The normalized spacial score (nSPS) is 22.4. The van der Waals surface area contributed by atoms with E-state index in [0.717, 1.165) is 67.5 Å². The molecular weight excluding hydrogens is 376 g/mol. The summed E-state index contributed by atoms with van der Waals surface area (Å²) in [5.41, 5.74) is 2.21. The van der Waals surface area contributed by atoms with Gasteiger partial charge in [-0.2, -0.15) is 0 Å². The number of anilines is 1. The lowest BCUT2D eigenvalue weighted by molar-refractivity contribution is 0.227. The van der Waals surface area contributed by atoms with Crippen LogP contribution in [0.2, 0.25) is 0 Å². The first-order valence-electron chi connectivity index (χ1n) is 9.61. The van der Waals surface area contributed by atoms with Crippen LogP contribution in [0.3, 0.4) is 0 Å². The molecule has 2 unspecified atom stereocenters. The van der Waals surface area contributed by atoms with E-state index in [1.807, 2.05) is 12.1 Å². The van der Waals surface area contributed by atoms with Crippen molar-refractivity contribution in [3.63, 3.8) is 0 Å². The number of aromatic nitrogens is 2. The highest BCUT2D eigenvalue weighted by molar-refractivity contribution is 7.99. The molecule has 7 nitrogen and oxygen atoms in total. The Morgan fingerprint density at radius 3 is 2.57 bits per heavy atom. The summed E-state index contributed by atoms with van der Waals surface area (Å²) in [5, 5.41) is 8.41. The van der Waals surface area contributed by atoms with Gasteiger partial charge in [-0.15, -0.1) is 0 Å². The summed E-state index contributed by atoms with van der Waals surface area (Å²) in [5.74, 6) is 2.26. The van der Waals surface area contributed by atoms with Crippen LogP contribution in [0.1, 0.15) is 32.1 Å². The fourth-order valence-corrected chi connectivity index (χ4v) is 5.78. The SMILES string of the molecule is COc1cc2ncnc(N3CCC4(CCC(S(=O)C=N)C4)CC3)c2cc1OC. The van der Waals surface area contributed by atoms with Gasteiger partial charge in [0.1, 0.15) is 12.1 Å². The predicted octanol–water partition coefficient (Wildman–Crippen LogP) is 3.14. The standard InChI is InChI=1S/C20H26N4O3S/c1-26-17-9-15-16(10-18(17)27-2)22-13-23-19(15)24-7-5-20(6-8-24)4-3-14(11-20)28(25)12-21/h9-10,12-14,21H,3-8,11H2,1-2H3. The van der Waals surface area contributed by atoms with Crippen LogP contribution >= 0.6 is 0 Å². The number of nitrogens with zero attached hydrogens (tertiary/aromatic N) is 3. The molecule has 2 aliphatic rings. The lowest BCUT2D eigenvalue weighted by Gasteiger charge is -2.40. The van der Waals surface area contributed by atoms with Gasteiger partial charge < -0.3 is 14.4 Å². The lowest BCUT2D eigenvalue weighted by atomic mass is 9.77. The first-order valence-corrected chi connectivity index (χ1v) is 10.9. The second kappa shape index (κ2) is 7.66. The molecule has 0 amide bonds. The van der Waals surface area contributed by atoms with Crippen molar-refractivity contribution < 1.29 is 13.7 Å². The van der Waals surface area contributed by atoms with Gasteiger partial charge in [0.25, 0.3) is 0 Å². The number of hydrogen-bond donors (Lipinski definition) is 1. The Morgan fingerprint density at radius 1 is 1.18 bits per heavy atom. The first-order chi connectivity index (χ1) is 13.6. The fourth-order valence-electron chi connectivity index (χ4n) is 4.72. The van der Waals surface area contributed by atoms with Gasteiger partial charge >= 0.3 is 0 Å². The molecule has 8 heteroatoms. The zero-order chi connectivity index (χ0) is 19.7. The predicted molar refractivity (Wildman–Crippen MR) is 111 cm³/mol. The number of methoxy groups -OCH3 is 2. The van der Waals surface area contributed by atoms with Crippen molar-refractivity contribution >= 4 is 33.1 Å². The van der Waals surface area contributed by atoms with Gasteiger partial charge in [-0.25, -0.2) is 9.97 Å². The molecule has 0 bridgehead atoms. The average Bonchev–Trinajstić information content (AvgIpc) is 3.15. The Labute approximate surface area is 167 Å². The minimum atomic E-state index is -1.12. The number of benzene rings is 1. The Kier molecular flexibility index (Phi) is 5.23. The van der Waals surface area contributed by atoms with Gasteiger partial charge in [-0.3, -0.25) is 9.62 Å². The molecule has 1 aromatic heterocycles. The number of hydrogen-bond acceptors (Lipinski definition) is 7. The molecule has 2 heterocycles. The van der Waals surface area contributed by atoms with E-state index < -0.39 is 10.8 Å². The van der Waals surface area contributed by atoms with Crippen molar-refractivity contribution in [2.24, 2.45) is 5.41 Å². The number of piperidine rings is 1. The van der Waals surface area contributed by atoms with E-state index in [2.05, 4.69) is 14.9 Å². The second-order valence-corrected chi connectivity index (χ2v) is 9.28. The van der Waals surface area contributed by atoms with Crippen LogP contribution in [0.15, 0.2) is 18.5 Å². The quantitative estimate of drug-likeness (QED) is 0.611. The number of rotatable bonds is 5. The van der Waals surface area contributed by atoms with E-state index in [1.54, 1.807) is 20.5 Å². The Hall–Kier alpha value is -2.22. The number of fused-ring (bicyclic) bond motifs is 1. The highest BCUT2D eigenvalue weighted by Gasteiger charge is 2.43. The van der Waals surface area contributed by atoms with Gasteiger partial charge in [-0.1, -0.05) is 0 Å². The molecule has 2 aromatic rings. The topological polar surface area (TPSA) is 88.4 Å². The summed E-state index contributed by atoms with van der Waals surface area (Å²) in [7, 11) is 2.13. The lowest BCUT2D eigenvalue weighted by Crippen LogP contribution is -2.40. The molecule has 2 fully saturated rings. The molecule has 1 aliphatic carbocycles. The number of ether oxygens (including phenoxy) is 2. The molecule has 1 N–H and O–H groups in total. The van der Waals surface area contributed by atoms with Gasteiger partial charge in [0.05, 0.1) is 36.1 Å². The van der Waals surface area contributed by atoms with E-state index in [-0.39, 0.29) is 10.7 Å². The number of nitrogens with one attached hydrogen (secondary N) is 1. The zero-order valence-electron chi connectivity index (χ0n) is 16.3. The highest BCUT2D eigenvalue weighted by atomic mass is 32.2. The van der Waals surface area contributed by atoms with Crippen LogP contribution in [-0.2, 0) is 10.8 Å². The maximum atomic E-state index is 12.0. The molecule has 150 valence electrons. The Balaban J connectivity index is 1.56. The second-order valence-electron chi connectivity index (χ2n) is 7.72. The molecule has 1 saturated carbocycles. The van der Waals surface area contributed by atoms with Crippen LogP contribution in [0.5, 0.6) is 11.5 Å². The van der Waals surface area contributed by atoms with Gasteiger partial charge in [0.15, 0.2) is 11.5 Å². The van der Waals surface area contributed by atoms with Crippen molar-refractivity contribution in [2.45, 2.75) is 37.4 Å². The maximum Gasteiger partial charge on any atom is 0.162 e. The molecule has 1 spiro atoms. The van der Waals surface area contributed by atoms with Crippen LogP contribution in [0.25, 0.3) is 10.9 Å². The molecule has 4 rings (SSSR count). The largest absolute Gasteiger partial charge is 0.493 e. The minimum Gasteiger partial charge on any atom is -0.493 e. The van der Waals surface area contributed by atoms with E-state index in [9.17, 15) is 4.21 Å². The van der Waals surface area contributed by atoms with Crippen LogP contribution in [0, 0.1) is 10.8 Å². The van der Waals surface area contributed by atoms with Crippen molar-refractivity contribution in [1.82, 2.24) is 9.97 Å². The van der Waals surface area contributed by atoms with E-state index in [4.69, 9.17) is 14.9 Å². The monoisotopic (exact) mass is 402 g/mol. The zero-order valence-corrected chi connectivity index (χ0v) is 17.1. The van der Waals surface area contributed by atoms with Crippen molar-refractivity contribution in [2.75, 3.05) is 32.2 Å². The summed E-state index contributed by atoms with van der Waals surface area (Å²) >= 11 is 0. The van der Waals surface area contributed by atoms with Crippen molar-refractivity contribution in [3.8, 4) is 11.5 Å². The maximum absolute atomic E-state index is 12.0. The Morgan fingerprint density at radius 2 is 1.89 bits per heavy atom. The summed E-state index contributed by atoms with van der Waals surface area (Å²) in [4.78, 5) is 11.3. The third kappa shape index (κ3) is 3.34. The minimum absolute atomic E-state index is 0.153. The summed E-state index contributed by atoms with van der Waals surface area (Å²) in [6, 6.07) is 3.84. The van der Waals surface area contributed by atoms with Crippen LogP contribution < -0.4 is 14.4 Å². The van der Waals surface area contributed by atoms with Gasteiger partial charge in [-0.05, 0) is 43.6 Å².